The molecule has 0 fully saturated rings. The molecule has 4 rings (SSSR count). The van der Waals surface area contributed by atoms with Gasteiger partial charge in [0.25, 0.3) is 0 Å². The molecule has 0 radical (unpaired) electrons. The zero-order valence-electron chi connectivity index (χ0n) is 28.1. The first-order valence-electron chi connectivity index (χ1n) is 15.0. The van der Waals surface area contributed by atoms with Crippen LogP contribution >= 0.6 is 21.6 Å². The maximum Gasteiger partial charge on any atom is 0.338 e. The molecule has 1 aliphatic rings. The standard InChI is InChI=1S/C34H42O6.C3H4S2/c1-19-15-27(33(5,6)7)29(35)21(3)25(19)17-39-31(37)23-11-13-24(14-12-23)32(38)40-18-26-20(2)16-28(34(8,9)10)30(36)22(26)4;1-2-4-5-3-1/h11-16,35-36H,17-18H2,1-10H3;1-2H,3H2. The number of carbonyl (C=O) groups excluding carboxylic acids is 2. The third-order valence-electron chi connectivity index (χ3n) is 7.85. The van der Waals surface area contributed by atoms with Crippen molar-refractivity contribution in [3.05, 3.63) is 104 Å². The molecule has 0 saturated heterocycles. The van der Waals surface area contributed by atoms with Crippen molar-refractivity contribution in [1.82, 2.24) is 0 Å². The van der Waals surface area contributed by atoms with Crippen LogP contribution in [0.4, 0.5) is 0 Å². The second-order valence-corrected chi connectivity index (χ2v) is 15.7. The molecule has 242 valence electrons. The van der Waals surface area contributed by atoms with Gasteiger partial charge >= 0.3 is 11.9 Å². The summed E-state index contributed by atoms with van der Waals surface area (Å²) in [5.41, 5.74) is 6.70. The Morgan fingerprint density at radius 1 is 0.711 bits per heavy atom. The van der Waals surface area contributed by atoms with Crippen molar-refractivity contribution in [2.45, 2.75) is 93.3 Å². The smallest absolute Gasteiger partial charge is 0.338 e. The number of hydrogen-bond donors (Lipinski definition) is 2. The van der Waals surface area contributed by atoms with E-state index in [1.54, 1.807) is 0 Å². The Bertz CT molecular complexity index is 1460. The highest BCUT2D eigenvalue weighted by Crippen LogP contribution is 2.38. The summed E-state index contributed by atoms with van der Waals surface area (Å²) in [6, 6.07) is 9.99. The third-order valence-corrected chi connectivity index (χ3v) is 9.77. The van der Waals surface area contributed by atoms with E-state index in [2.05, 4.69) is 11.5 Å². The van der Waals surface area contributed by atoms with E-state index >= 15 is 0 Å². The van der Waals surface area contributed by atoms with Gasteiger partial charge < -0.3 is 19.7 Å². The number of phenolic OH excluding ortho intramolecular Hbond substituents is 2. The number of phenols is 2. The van der Waals surface area contributed by atoms with E-state index in [1.165, 1.54) is 30.0 Å². The van der Waals surface area contributed by atoms with Crippen molar-refractivity contribution in [3.8, 4) is 11.5 Å². The highest BCUT2D eigenvalue weighted by atomic mass is 33.1. The summed E-state index contributed by atoms with van der Waals surface area (Å²) in [6.45, 7) is 19.8. The Balaban J connectivity index is 0.00000100. The summed E-state index contributed by atoms with van der Waals surface area (Å²) in [6.07, 6.45) is 2.16. The normalized spacial score (nSPS) is 12.8. The first kappa shape index (κ1) is 36.1. The fourth-order valence-corrected chi connectivity index (χ4v) is 6.57. The first-order chi connectivity index (χ1) is 20.9. The SMILES string of the molecule is C1=CSSC1.Cc1cc(C(C)(C)C)c(O)c(C)c1COC(=O)c1ccc(C(=O)OCc2c(C)cc(C(C)(C)C)c(O)c2C)cc1. The van der Waals surface area contributed by atoms with Crippen LogP contribution in [0.3, 0.4) is 0 Å². The fourth-order valence-electron chi connectivity index (χ4n) is 4.99. The number of hydrogen-bond acceptors (Lipinski definition) is 8. The van der Waals surface area contributed by atoms with Gasteiger partial charge in [0.1, 0.15) is 24.7 Å². The number of esters is 2. The van der Waals surface area contributed by atoms with Gasteiger partial charge in [0.05, 0.1) is 11.1 Å². The van der Waals surface area contributed by atoms with Gasteiger partial charge in [0, 0.05) is 5.75 Å². The quantitative estimate of drug-likeness (QED) is 0.201. The Kier molecular flexibility index (Phi) is 11.9. The van der Waals surface area contributed by atoms with Crippen molar-refractivity contribution in [2.24, 2.45) is 0 Å². The number of benzene rings is 3. The van der Waals surface area contributed by atoms with Gasteiger partial charge in [0.15, 0.2) is 0 Å². The lowest BCUT2D eigenvalue weighted by atomic mass is 9.83. The zero-order chi connectivity index (χ0) is 33.7. The molecule has 0 aliphatic carbocycles. The van der Waals surface area contributed by atoms with Crippen LogP contribution < -0.4 is 0 Å². The molecule has 1 heterocycles. The van der Waals surface area contributed by atoms with Crippen LogP contribution in [0.25, 0.3) is 0 Å². The predicted molar refractivity (Wildman–Crippen MR) is 186 cm³/mol. The average molecular weight is 651 g/mol. The van der Waals surface area contributed by atoms with Crippen molar-refractivity contribution in [2.75, 3.05) is 5.75 Å². The molecule has 0 unspecified atom stereocenters. The molecule has 6 nitrogen and oxygen atoms in total. The van der Waals surface area contributed by atoms with Gasteiger partial charge in [-0.25, -0.2) is 9.59 Å². The molecule has 45 heavy (non-hydrogen) atoms. The summed E-state index contributed by atoms with van der Waals surface area (Å²) in [5.74, 6) is 0.582. The van der Waals surface area contributed by atoms with Crippen molar-refractivity contribution >= 4 is 33.5 Å². The van der Waals surface area contributed by atoms with Crippen LogP contribution in [0, 0.1) is 27.7 Å². The van der Waals surface area contributed by atoms with Crippen LogP contribution in [0.2, 0.25) is 0 Å². The number of carbonyl (C=O) groups is 2. The van der Waals surface area contributed by atoms with Gasteiger partial charge in [-0.1, -0.05) is 81.3 Å². The van der Waals surface area contributed by atoms with Crippen LogP contribution in [0.5, 0.6) is 11.5 Å². The van der Waals surface area contributed by atoms with Crippen LogP contribution in [-0.2, 0) is 33.5 Å². The first-order valence-corrected chi connectivity index (χ1v) is 17.3. The number of ether oxygens (including phenoxy) is 2. The van der Waals surface area contributed by atoms with Gasteiger partial charge in [-0.2, -0.15) is 0 Å². The summed E-state index contributed by atoms with van der Waals surface area (Å²) in [4.78, 5) is 25.4. The van der Waals surface area contributed by atoms with Gasteiger partial charge in [-0.15, -0.1) is 0 Å². The zero-order valence-corrected chi connectivity index (χ0v) is 29.7. The maximum absolute atomic E-state index is 12.7. The van der Waals surface area contributed by atoms with Crippen LogP contribution in [0.15, 0.2) is 47.9 Å². The second kappa shape index (κ2) is 14.8. The number of aryl methyl sites for hydroxylation is 2. The predicted octanol–water partition coefficient (Wildman–Crippen LogP) is 9.54. The summed E-state index contributed by atoms with van der Waals surface area (Å²) < 4.78 is 11.1. The molecule has 0 spiro atoms. The minimum absolute atomic E-state index is 0.0256. The molecule has 3 aromatic rings. The minimum atomic E-state index is -0.529. The molecule has 0 aromatic heterocycles. The highest BCUT2D eigenvalue weighted by molar-refractivity contribution is 8.78. The van der Waals surface area contributed by atoms with E-state index < -0.39 is 11.9 Å². The number of rotatable bonds is 6. The maximum atomic E-state index is 12.7. The molecule has 3 aromatic carbocycles. The van der Waals surface area contributed by atoms with Crippen molar-refractivity contribution < 1.29 is 29.3 Å². The minimum Gasteiger partial charge on any atom is -0.507 e. The van der Waals surface area contributed by atoms with Gasteiger partial charge in [-0.3, -0.25) is 0 Å². The molecule has 0 atom stereocenters. The Hall–Kier alpha value is -3.36. The van der Waals surface area contributed by atoms with Crippen LogP contribution in [0.1, 0.15) is 107 Å². The summed E-state index contributed by atoms with van der Waals surface area (Å²) >= 11 is 0. The van der Waals surface area contributed by atoms with E-state index in [0.717, 1.165) is 33.4 Å². The largest absolute Gasteiger partial charge is 0.507 e. The van der Waals surface area contributed by atoms with Crippen LogP contribution in [-0.4, -0.2) is 27.9 Å². The molecule has 0 saturated carbocycles. The van der Waals surface area contributed by atoms with E-state index in [1.807, 2.05) is 103 Å². The Labute approximate surface area is 276 Å². The lowest BCUT2D eigenvalue weighted by Gasteiger charge is -2.24. The topological polar surface area (TPSA) is 93.1 Å². The monoisotopic (exact) mass is 650 g/mol. The third kappa shape index (κ3) is 9.10. The second-order valence-electron chi connectivity index (χ2n) is 13.4. The Morgan fingerprint density at radius 3 is 1.36 bits per heavy atom. The molecule has 0 bridgehead atoms. The average Bonchev–Trinajstić information content (AvgIpc) is 3.56. The highest BCUT2D eigenvalue weighted by Gasteiger charge is 2.24. The number of aromatic hydroxyl groups is 2. The van der Waals surface area contributed by atoms with E-state index in [9.17, 15) is 19.8 Å². The van der Waals surface area contributed by atoms with E-state index in [-0.39, 0.29) is 35.5 Å². The van der Waals surface area contributed by atoms with E-state index in [4.69, 9.17) is 9.47 Å². The van der Waals surface area contributed by atoms with Gasteiger partial charge in [-0.05, 0) is 113 Å². The fraction of sp³-hybridized carbons (Fsp3) is 0.405. The summed E-state index contributed by atoms with van der Waals surface area (Å²) in [5, 5.41) is 23.5. The van der Waals surface area contributed by atoms with Crippen molar-refractivity contribution in [1.29, 1.82) is 0 Å². The molecule has 8 heteroatoms. The molecule has 0 amide bonds. The lowest BCUT2D eigenvalue weighted by molar-refractivity contribution is 0.0457. The molecule has 2 N–H and O–H groups in total. The van der Waals surface area contributed by atoms with Crippen molar-refractivity contribution in [3.63, 3.8) is 0 Å². The van der Waals surface area contributed by atoms with Gasteiger partial charge in [0.2, 0.25) is 0 Å². The molecular weight excluding hydrogens is 605 g/mol. The Morgan fingerprint density at radius 2 is 1.09 bits per heavy atom. The molecular formula is C37H46O6S2. The molecule has 1 aliphatic heterocycles. The van der Waals surface area contributed by atoms with E-state index in [0.29, 0.717) is 22.3 Å². The summed E-state index contributed by atoms with van der Waals surface area (Å²) in [7, 11) is 3.69. The lowest BCUT2D eigenvalue weighted by Crippen LogP contribution is -2.14.